The fraction of sp³-hybridized carbons (Fsp3) is 0.643. The van der Waals surface area contributed by atoms with Gasteiger partial charge in [-0.05, 0) is 31.4 Å². The summed E-state index contributed by atoms with van der Waals surface area (Å²) in [4.78, 5) is 6.66. The monoisotopic (exact) mass is 254 g/mol. The van der Waals surface area contributed by atoms with E-state index < -0.39 is 0 Å². The summed E-state index contributed by atoms with van der Waals surface area (Å²) in [7, 11) is 0. The van der Waals surface area contributed by atoms with Gasteiger partial charge in [0, 0.05) is 13.1 Å². The van der Waals surface area contributed by atoms with Crippen LogP contribution in [-0.2, 0) is 0 Å². The zero-order valence-electron chi connectivity index (χ0n) is 11.2. The molecule has 96 valence electrons. The van der Waals surface area contributed by atoms with Crippen LogP contribution in [0.1, 0.15) is 45.1 Å². The van der Waals surface area contributed by atoms with Crippen LogP contribution in [0.4, 0.5) is 5.69 Å². The van der Waals surface area contributed by atoms with Crippen molar-refractivity contribution >= 4 is 17.3 Å². The van der Waals surface area contributed by atoms with Gasteiger partial charge in [0.2, 0.25) is 0 Å². The summed E-state index contributed by atoms with van der Waals surface area (Å²) in [5, 5.41) is 0.611. The Morgan fingerprint density at radius 3 is 2.24 bits per heavy atom. The van der Waals surface area contributed by atoms with Crippen molar-refractivity contribution in [2.75, 3.05) is 18.0 Å². The fourth-order valence-electron chi connectivity index (χ4n) is 1.78. The van der Waals surface area contributed by atoms with Crippen molar-refractivity contribution in [1.29, 1.82) is 0 Å². The molecule has 0 unspecified atom stereocenters. The molecule has 17 heavy (non-hydrogen) atoms. The van der Waals surface area contributed by atoms with Crippen LogP contribution in [0.25, 0.3) is 0 Å². The third-order valence-electron chi connectivity index (χ3n) is 2.93. The molecule has 1 heterocycles. The molecule has 0 saturated carbocycles. The highest BCUT2D eigenvalue weighted by atomic mass is 35.5. The van der Waals surface area contributed by atoms with Gasteiger partial charge in [0.05, 0.1) is 11.9 Å². The Balaban J connectivity index is 2.75. The van der Waals surface area contributed by atoms with Crippen LogP contribution in [-0.4, -0.2) is 18.1 Å². The van der Waals surface area contributed by atoms with E-state index in [4.69, 9.17) is 11.6 Å². The normalized spacial score (nSPS) is 10.6. The molecule has 3 heteroatoms. The summed E-state index contributed by atoms with van der Waals surface area (Å²) < 4.78 is 0. The molecule has 2 nitrogen and oxygen atoms in total. The number of aryl methyl sites for hydroxylation is 1. The minimum atomic E-state index is 0.611. The van der Waals surface area contributed by atoms with Crippen molar-refractivity contribution in [1.82, 2.24) is 4.98 Å². The first-order valence-corrected chi connectivity index (χ1v) is 6.94. The van der Waals surface area contributed by atoms with E-state index in [-0.39, 0.29) is 0 Å². The molecule has 0 fully saturated rings. The SMILES string of the molecule is CCCCN(CCCC)c1cnc(Cl)c(C)c1. The van der Waals surface area contributed by atoms with E-state index in [2.05, 4.69) is 29.8 Å². The van der Waals surface area contributed by atoms with E-state index in [0.717, 1.165) is 18.7 Å². The fourth-order valence-corrected chi connectivity index (χ4v) is 1.89. The van der Waals surface area contributed by atoms with Crippen molar-refractivity contribution < 1.29 is 0 Å². The number of hydrogen-bond acceptors (Lipinski definition) is 2. The van der Waals surface area contributed by atoms with Crippen molar-refractivity contribution in [3.63, 3.8) is 0 Å². The number of anilines is 1. The van der Waals surface area contributed by atoms with Gasteiger partial charge in [-0.3, -0.25) is 0 Å². The Kier molecular flexibility index (Phi) is 6.35. The second-order valence-electron chi connectivity index (χ2n) is 4.50. The minimum Gasteiger partial charge on any atom is -0.370 e. The summed E-state index contributed by atoms with van der Waals surface area (Å²) in [5.74, 6) is 0. The Labute approximate surface area is 110 Å². The lowest BCUT2D eigenvalue weighted by atomic mass is 10.2. The van der Waals surface area contributed by atoms with Crippen LogP contribution in [0.15, 0.2) is 12.3 Å². The van der Waals surface area contributed by atoms with Gasteiger partial charge in [-0.25, -0.2) is 4.98 Å². The van der Waals surface area contributed by atoms with Gasteiger partial charge in [-0.15, -0.1) is 0 Å². The molecule has 1 rings (SSSR count). The molecule has 1 aromatic heterocycles. The average Bonchev–Trinajstić information content (AvgIpc) is 2.33. The van der Waals surface area contributed by atoms with Crippen molar-refractivity contribution in [2.45, 2.75) is 46.5 Å². The lowest BCUT2D eigenvalue weighted by Crippen LogP contribution is -2.25. The largest absolute Gasteiger partial charge is 0.370 e. The standard InChI is InChI=1S/C14H23ClN2/c1-4-6-8-17(9-7-5-2)13-10-12(3)14(15)16-11-13/h10-11H,4-9H2,1-3H3. The van der Waals surface area contributed by atoms with E-state index in [0.29, 0.717) is 5.15 Å². The number of pyridine rings is 1. The van der Waals surface area contributed by atoms with Crippen LogP contribution >= 0.6 is 11.6 Å². The Hall–Kier alpha value is -0.760. The topological polar surface area (TPSA) is 16.1 Å². The van der Waals surface area contributed by atoms with Gasteiger partial charge >= 0.3 is 0 Å². The molecule has 0 amide bonds. The first-order valence-electron chi connectivity index (χ1n) is 6.56. The van der Waals surface area contributed by atoms with Crippen LogP contribution in [0.3, 0.4) is 0 Å². The summed E-state index contributed by atoms with van der Waals surface area (Å²) in [6.07, 6.45) is 6.79. The number of aromatic nitrogens is 1. The van der Waals surface area contributed by atoms with E-state index in [1.54, 1.807) is 0 Å². The number of hydrogen-bond donors (Lipinski definition) is 0. The summed E-state index contributed by atoms with van der Waals surface area (Å²) in [6.45, 7) is 8.68. The second kappa shape index (κ2) is 7.54. The molecule has 0 aliphatic rings. The molecule has 0 bridgehead atoms. The third kappa shape index (κ3) is 4.55. The smallest absolute Gasteiger partial charge is 0.132 e. The van der Waals surface area contributed by atoms with E-state index in [1.165, 1.54) is 31.4 Å². The molecular weight excluding hydrogens is 232 g/mol. The first-order chi connectivity index (χ1) is 8.19. The van der Waals surface area contributed by atoms with Crippen molar-refractivity contribution in [3.05, 3.63) is 23.0 Å². The van der Waals surface area contributed by atoms with Crippen LogP contribution in [0.5, 0.6) is 0 Å². The van der Waals surface area contributed by atoms with Gasteiger partial charge in [0.15, 0.2) is 0 Å². The predicted octanol–water partition coefficient (Wildman–Crippen LogP) is 4.45. The first kappa shape index (κ1) is 14.3. The quantitative estimate of drug-likeness (QED) is 0.669. The summed E-state index contributed by atoms with van der Waals surface area (Å²) >= 11 is 5.96. The molecule has 0 N–H and O–H groups in total. The van der Waals surface area contributed by atoms with Gasteiger partial charge < -0.3 is 4.90 Å². The van der Waals surface area contributed by atoms with E-state index in [1.807, 2.05) is 13.1 Å². The Bertz CT molecular complexity index is 331. The zero-order valence-corrected chi connectivity index (χ0v) is 11.9. The van der Waals surface area contributed by atoms with Crippen molar-refractivity contribution in [2.24, 2.45) is 0 Å². The van der Waals surface area contributed by atoms with Crippen LogP contribution < -0.4 is 4.90 Å². The highest BCUT2D eigenvalue weighted by Crippen LogP contribution is 2.20. The number of halogens is 1. The zero-order chi connectivity index (χ0) is 12.7. The number of unbranched alkanes of at least 4 members (excludes halogenated alkanes) is 2. The van der Waals surface area contributed by atoms with Gasteiger partial charge in [-0.1, -0.05) is 38.3 Å². The maximum atomic E-state index is 5.96. The molecular formula is C14H23ClN2. The van der Waals surface area contributed by atoms with E-state index >= 15 is 0 Å². The molecule has 0 radical (unpaired) electrons. The molecule has 0 aliphatic carbocycles. The van der Waals surface area contributed by atoms with Gasteiger partial charge in [-0.2, -0.15) is 0 Å². The van der Waals surface area contributed by atoms with Gasteiger partial charge in [0.1, 0.15) is 5.15 Å². The lowest BCUT2D eigenvalue weighted by Gasteiger charge is -2.24. The molecule has 0 atom stereocenters. The second-order valence-corrected chi connectivity index (χ2v) is 4.85. The van der Waals surface area contributed by atoms with Crippen LogP contribution in [0.2, 0.25) is 5.15 Å². The molecule has 0 aromatic carbocycles. The molecule has 1 aromatic rings. The summed E-state index contributed by atoms with van der Waals surface area (Å²) in [6, 6.07) is 2.14. The third-order valence-corrected chi connectivity index (χ3v) is 3.32. The Morgan fingerprint density at radius 1 is 1.18 bits per heavy atom. The minimum absolute atomic E-state index is 0.611. The summed E-state index contributed by atoms with van der Waals surface area (Å²) in [5.41, 5.74) is 2.26. The molecule has 0 saturated heterocycles. The van der Waals surface area contributed by atoms with Gasteiger partial charge in [0.25, 0.3) is 0 Å². The van der Waals surface area contributed by atoms with E-state index in [9.17, 15) is 0 Å². The maximum absolute atomic E-state index is 5.96. The average molecular weight is 255 g/mol. The van der Waals surface area contributed by atoms with Crippen molar-refractivity contribution in [3.8, 4) is 0 Å². The highest BCUT2D eigenvalue weighted by Gasteiger charge is 2.07. The molecule has 0 aliphatic heterocycles. The van der Waals surface area contributed by atoms with Crippen LogP contribution in [0, 0.1) is 6.92 Å². The number of nitrogens with zero attached hydrogens (tertiary/aromatic N) is 2. The maximum Gasteiger partial charge on any atom is 0.132 e. The lowest BCUT2D eigenvalue weighted by molar-refractivity contribution is 0.677. The molecule has 0 spiro atoms. The predicted molar refractivity (Wildman–Crippen MR) is 76.0 cm³/mol. The number of rotatable bonds is 7. The highest BCUT2D eigenvalue weighted by molar-refractivity contribution is 6.30. The Morgan fingerprint density at radius 2 is 1.76 bits per heavy atom.